The maximum absolute atomic E-state index is 4.76. The third-order valence-corrected chi connectivity index (χ3v) is 4.66. The molecule has 2 aliphatic rings. The van der Waals surface area contributed by atoms with E-state index in [9.17, 15) is 0 Å². The molecule has 2 aliphatic carbocycles. The zero-order valence-electron chi connectivity index (χ0n) is 13.2. The molecule has 0 heterocycles. The molecular formula is C17H34O2. The second-order valence-electron chi connectivity index (χ2n) is 6.14. The van der Waals surface area contributed by atoms with Crippen LogP contribution in [0.4, 0.5) is 0 Å². The van der Waals surface area contributed by atoms with E-state index in [2.05, 4.69) is 0 Å². The summed E-state index contributed by atoms with van der Waals surface area (Å²) in [6.45, 7) is 1.60. The van der Waals surface area contributed by atoms with E-state index in [1.54, 1.807) is 39.9 Å². The van der Waals surface area contributed by atoms with Gasteiger partial charge in [0.25, 0.3) is 0 Å². The molecule has 0 aromatic carbocycles. The van der Waals surface area contributed by atoms with Gasteiger partial charge in [-0.15, -0.1) is 0 Å². The van der Waals surface area contributed by atoms with Crippen LogP contribution in [0.25, 0.3) is 0 Å². The Bertz CT molecular complexity index is 162. The van der Waals surface area contributed by atoms with Gasteiger partial charge in [-0.1, -0.05) is 64.2 Å². The fourth-order valence-corrected chi connectivity index (χ4v) is 3.56. The summed E-state index contributed by atoms with van der Waals surface area (Å²) in [5, 5.41) is 0. The van der Waals surface area contributed by atoms with E-state index in [0.717, 1.165) is 31.5 Å². The summed E-state index contributed by atoms with van der Waals surface area (Å²) in [6.07, 6.45) is 16.4. The Kier molecular flexibility index (Phi) is 10.5. The van der Waals surface area contributed by atoms with Gasteiger partial charge in [-0.2, -0.15) is 0 Å². The molecule has 0 amide bonds. The van der Waals surface area contributed by atoms with E-state index in [1.807, 2.05) is 0 Å². The molecule has 0 unspecified atom stereocenters. The maximum atomic E-state index is 4.76. The van der Waals surface area contributed by atoms with E-state index in [0.29, 0.717) is 0 Å². The molecule has 0 atom stereocenters. The van der Waals surface area contributed by atoms with E-state index in [1.165, 1.54) is 38.5 Å². The zero-order chi connectivity index (χ0) is 13.8. The van der Waals surface area contributed by atoms with E-state index in [-0.39, 0.29) is 0 Å². The molecule has 0 aromatic heterocycles. The van der Waals surface area contributed by atoms with Gasteiger partial charge in [0.1, 0.15) is 0 Å². The van der Waals surface area contributed by atoms with Crippen molar-refractivity contribution in [2.75, 3.05) is 27.4 Å². The smallest absolute Gasteiger partial charge is 0.0484 e. The first-order valence-corrected chi connectivity index (χ1v) is 8.36. The largest absolute Gasteiger partial charge is 0.385 e. The van der Waals surface area contributed by atoms with E-state index >= 15 is 0 Å². The molecule has 0 N–H and O–H groups in total. The quantitative estimate of drug-likeness (QED) is 0.667. The van der Waals surface area contributed by atoms with Crippen molar-refractivity contribution in [3.63, 3.8) is 0 Å². The Balaban J connectivity index is 0.000000224. The molecular weight excluding hydrogens is 236 g/mol. The standard InChI is InChI=1S/C12H22.C5H12O2/c1-3-7-11(8-4-1)12-9-5-2-6-10-12;1-6-4-3-5-7-2/h11-12H,1-10H2;3-5H2,1-2H3. The summed E-state index contributed by atoms with van der Waals surface area (Å²) in [6, 6.07) is 0. The van der Waals surface area contributed by atoms with Crippen molar-refractivity contribution in [2.45, 2.75) is 70.6 Å². The van der Waals surface area contributed by atoms with Crippen molar-refractivity contribution in [3.05, 3.63) is 0 Å². The molecule has 0 aliphatic heterocycles. The molecule has 2 rings (SSSR count). The third kappa shape index (κ3) is 7.94. The lowest BCUT2D eigenvalue weighted by molar-refractivity contribution is 0.138. The zero-order valence-corrected chi connectivity index (χ0v) is 13.2. The van der Waals surface area contributed by atoms with Crippen LogP contribution in [0.2, 0.25) is 0 Å². The third-order valence-electron chi connectivity index (χ3n) is 4.66. The van der Waals surface area contributed by atoms with Crippen LogP contribution in [-0.4, -0.2) is 27.4 Å². The minimum atomic E-state index is 0.799. The fourth-order valence-electron chi connectivity index (χ4n) is 3.56. The summed E-state index contributed by atoms with van der Waals surface area (Å²) in [5.41, 5.74) is 0. The van der Waals surface area contributed by atoms with Crippen LogP contribution < -0.4 is 0 Å². The molecule has 19 heavy (non-hydrogen) atoms. The van der Waals surface area contributed by atoms with Gasteiger partial charge in [-0.05, 0) is 18.3 Å². The van der Waals surface area contributed by atoms with Crippen LogP contribution in [0.1, 0.15) is 70.6 Å². The molecule has 114 valence electrons. The van der Waals surface area contributed by atoms with Gasteiger partial charge in [-0.25, -0.2) is 0 Å². The molecule has 0 radical (unpaired) electrons. The number of hydrogen-bond acceptors (Lipinski definition) is 2. The fraction of sp³-hybridized carbons (Fsp3) is 1.00. The van der Waals surface area contributed by atoms with Gasteiger partial charge in [0.15, 0.2) is 0 Å². The summed E-state index contributed by atoms with van der Waals surface area (Å²) in [7, 11) is 3.38. The van der Waals surface area contributed by atoms with Crippen LogP contribution in [0.15, 0.2) is 0 Å². The summed E-state index contributed by atoms with van der Waals surface area (Å²) in [5.74, 6) is 2.28. The SMILES string of the molecule is C1CCC(C2CCCCC2)CC1.COCCCOC. The Labute approximate surface area is 120 Å². The predicted octanol–water partition coefficient (Wildman–Crippen LogP) is 4.82. The summed E-state index contributed by atoms with van der Waals surface area (Å²) >= 11 is 0. The first-order chi connectivity index (χ1) is 9.38. The highest BCUT2D eigenvalue weighted by Gasteiger charge is 2.24. The van der Waals surface area contributed by atoms with Crippen molar-refractivity contribution in [2.24, 2.45) is 11.8 Å². The van der Waals surface area contributed by atoms with Crippen LogP contribution in [0, 0.1) is 11.8 Å². The Hall–Kier alpha value is -0.0800. The van der Waals surface area contributed by atoms with Gasteiger partial charge < -0.3 is 9.47 Å². The molecule has 0 saturated heterocycles. The van der Waals surface area contributed by atoms with E-state index < -0.39 is 0 Å². The highest BCUT2D eigenvalue weighted by atomic mass is 16.5. The normalized spacial score (nSPS) is 21.8. The lowest BCUT2D eigenvalue weighted by atomic mass is 9.73. The molecule has 2 saturated carbocycles. The minimum absolute atomic E-state index is 0.799. The second kappa shape index (κ2) is 11.7. The molecule has 2 nitrogen and oxygen atoms in total. The number of methoxy groups -OCH3 is 2. The van der Waals surface area contributed by atoms with Crippen molar-refractivity contribution in [3.8, 4) is 0 Å². The highest BCUT2D eigenvalue weighted by Crippen LogP contribution is 2.37. The van der Waals surface area contributed by atoms with Crippen LogP contribution in [0.3, 0.4) is 0 Å². The Morgan fingerprint density at radius 2 is 1.00 bits per heavy atom. The Morgan fingerprint density at radius 1 is 0.632 bits per heavy atom. The van der Waals surface area contributed by atoms with Crippen LogP contribution in [-0.2, 0) is 9.47 Å². The first-order valence-electron chi connectivity index (χ1n) is 8.36. The van der Waals surface area contributed by atoms with Crippen LogP contribution >= 0.6 is 0 Å². The van der Waals surface area contributed by atoms with Crippen molar-refractivity contribution < 1.29 is 9.47 Å². The van der Waals surface area contributed by atoms with Gasteiger partial charge in [-0.3, -0.25) is 0 Å². The van der Waals surface area contributed by atoms with Crippen molar-refractivity contribution >= 4 is 0 Å². The molecule has 0 aromatic rings. The molecule has 0 spiro atoms. The molecule has 2 fully saturated rings. The number of hydrogen-bond donors (Lipinski definition) is 0. The van der Waals surface area contributed by atoms with Crippen molar-refractivity contribution in [1.29, 1.82) is 0 Å². The topological polar surface area (TPSA) is 18.5 Å². The van der Waals surface area contributed by atoms with E-state index in [4.69, 9.17) is 9.47 Å². The van der Waals surface area contributed by atoms with Crippen molar-refractivity contribution in [1.82, 2.24) is 0 Å². The summed E-state index contributed by atoms with van der Waals surface area (Å²) < 4.78 is 9.53. The van der Waals surface area contributed by atoms with Crippen LogP contribution in [0.5, 0.6) is 0 Å². The summed E-state index contributed by atoms with van der Waals surface area (Å²) in [4.78, 5) is 0. The molecule has 2 heteroatoms. The van der Waals surface area contributed by atoms with Gasteiger partial charge in [0, 0.05) is 27.4 Å². The van der Waals surface area contributed by atoms with Gasteiger partial charge >= 0.3 is 0 Å². The number of ether oxygens (including phenoxy) is 2. The lowest BCUT2D eigenvalue weighted by Crippen LogP contribution is -2.20. The maximum Gasteiger partial charge on any atom is 0.0484 e. The average Bonchev–Trinajstić information content (AvgIpc) is 2.50. The second-order valence-corrected chi connectivity index (χ2v) is 6.14. The first kappa shape index (κ1) is 17.0. The predicted molar refractivity (Wildman–Crippen MR) is 81.5 cm³/mol. The number of rotatable bonds is 5. The Morgan fingerprint density at radius 3 is 1.32 bits per heavy atom. The highest BCUT2D eigenvalue weighted by molar-refractivity contribution is 4.76. The average molecular weight is 270 g/mol. The molecule has 0 bridgehead atoms. The monoisotopic (exact) mass is 270 g/mol. The van der Waals surface area contributed by atoms with Gasteiger partial charge in [0.2, 0.25) is 0 Å². The van der Waals surface area contributed by atoms with Gasteiger partial charge in [0.05, 0.1) is 0 Å². The lowest BCUT2D eigenvalue weighted by Gasteiger charge is -2.32. The minimum Gasteiger partial charge on any atom is -0.385 e.